The molecule has 0 saturated heterocycles. The average Bonchev–Trinajstić information content (AvgIpc) is 3.54. The molecule has 0 spiro atoms. The van der Waals surface area contributed by atoms with Gasteiger partial charge in [0.15, 0.2) is 0 Å². The molecule has 7 nitrogen and oxygen atoms in total. The van der Waals surface area contributed by atoms with E-state index in [0.29, 0.717) is 25.2 Å². The number of aromatic amines is 1. The van der Waals surface area contributed by atoms with E-state index in [2.05, 4.69) is 101 Å². The van der Waals surface area contributed by atoms with Crippen LogP contribution < -0.4 is 16.0 Å². The van der Waals surface area contributed by atoms with Crippen molar-refractivity contribution in [3.05, 3.63) is 131 Å². The van der Waals surface area contributed by atoms with E-state index in [0.717, 1.165) is 65.8 Å². The Morgan fingerprint density at radius 1 is 0.958 bits per heavy atom. The second-order valence-corrected chi connectivity index (χ2v) is 12.9. The number of H-pyrrole nitrogens is 1. The predicted octanol–water partition coefficient (Wildman–Crippen LogP) is 7.81. The van der Waals surface area contributed by atoms with Gasteiger partial charge in [0, 0.05) is 35.5 Å². The summed E-state index contributed by atoms with van der Waals surface area (Å²) in [6.45, 7) is 4.63. The Kier molecular flexibility index (Phi) is 7.98. The van der Waals surface area contributed by atoms with Gasteiger partial charge in [-0.25, -0.2) is 9.97 Å². The lowest BCUT2D eigenvalue weighted by Gasteiger charge is -2.31. The van der Waals surface area contributed by atoms with Crippen molar-refractivity contribution in [2.24, 2.45) is 5.73 Å². The first-order chi connectivity index (χ1) is 23.6. The smallest absolute Gasteiger partial charge is 0.251 e. The lowest BCUT2D eigenvalue weighted by molar-refractivity contribution is 0.0953. The zero-order chi connectivity index (χ0) is 32.6. The molecule has 0 fully saturated rings. The minimum absolute atomic E-state index is 0.102. The Morgan fingerprint density at radius 3 is 2.69 bits per heavy atom. The third-order valence-electron chi connectivity index (χ3n) is 9.96. The quantitative estimate of drug-likeness (QED) is 0.141. The normalized spacial score (nSPS) is 15.6. The number of amides is 1. The molecule has 0 aliphatic heterocycles. The van der Waals surface area contributed by atoms with E-state index in [4.69, 9.17) is 15.7 Å². The molecule has 2 aromatic heterocycles. The van der Waals surface area contributed by atoms with E-state index in [-0.39, 0.29) is 11.8 Å². The Hall–Kier alpha value is -5.27. The fourth-order valence-electron chi connectivity index (χ4n) is 7.49. The van der Waals surface area contributed by atoms with E-state index in [1.165, 1.54) is 38.6 Å². The van der Waals surface area contributed by atoms with Crippen molar-refractivity contribution in [1.82, 2.24) is 20.3 Å². The number of nitrogens with zero attached hydrogens (tertiary/aromatic N) is 3. The van der Waals surface area contributed by atoms with Crippen LogP contribution in [0.2, 0.25) is 0 Å². The number of nitrogens with one attached hydrogen (secondary N) is 2. The molecule has 4 aromatic carbocycles. The van der Waals surface area contributed by atoms with Gasteiger partial charge in [-0.3, -0.25) is 4.79 Å². The van der Waals surface area contributed by atoms with Gasteiger partial charge in [0.1, 0.15) is 11.6 Å². The number of carbonyl (C=O) groups excluding carboxylic acids is 1. The maximum Gasteiger partial charge on any atom is 0.251 e. The Balaban J connectivity index is 1.11. The van der Waals surface area contributed by atoms with Crippen LogP contribution in [-0.2, 0) is 13.0 Å². The molecule has 0 saturated carbocycles. The lowest BCUT2D eigenvalue weighted by atomic mass is 9.75. The number of allylic oxidation sites excluding steroid dienone is 4. The minimum Gasteiger partial charge on any atom is -0.352 e. The highest BCUT2D eigenvalue weighted by atomic mass is 16.1. The summed E-state index contributed by atoms with van der Waals surface area (Å²) in [6.07, 6.45) is 8.66. The molecule has 2 aliphatic carbocycles. The molecule has 0 bridgehead atoms. The van der Waals surface area contributed by atoms with Crippen molar-refractivity contribution in [2.75, 3.05) is 24.5 Å². The van der Waals surface area contributed by atoms with Gasteiger partial charge in [0.2, 0.25) is 0 Å². The number of pyridine rings is 1. The molecule has 8 rings (SSSR count). The zero-order valence-electron chi connectivity index (χ0n) is 27.3. The van der Waals surface area contributed by atoms with Crippen molar-refractivity contribution < 1.29 is 4.79 Å². The molecule has 1 unspecified atom stereocenters. The van der Waals surface area contributed by atoms with Crippen molar-refractivity contribution in [3.63, 3.8) is 0 Å². The summed E-state index contributed by atoms with van der Waals surface area (Å²) >= 11 is 0. The van der Waals surface area contributed by atoms with Crippen LogP contribution in [0.3, 0.4) is 0 Å². The molecular weight excluding hydrogens is 592 g/mol. The zero-order valence-corrected chi connectivity index (χ0v) is 27.3. The first-order valence-electron chi connectivity index (χ1n) is 17.1. The number of hydrogen-bond acceptors (Lipinski definition) is 5. The van der Waals surface area contributed by atoms with Crippen LogP contribution in [-0.4, -0.2) is 40.5 Å². The van der Waals surface area contributed by atoms with Gasteiger partial charge in [-0.2, -0.15) is 0 Å². The fourth-order valence-corrected chi connectivity index (χ4v) is 7.49. The van der Waals surface area contributed by atoms with E-state index < -0.39 is 0 Å². The molecule has 1 amide bonds. The number of fused-ring (bicyclic) bond motifs is 6. The van der Waals surface area contributed by atoms with Gasteiger partial charge in [0.25, 0.3) is 5.91 Å². The van der Waals surface area contributed by atoms with E-state index in [1.54, 1.807) is 0 Å². The molecule has 2 aliphatic rings. The summed E-state index contributed by atoms with van der Waals surface area (Å²) < 4.78 is 0. The Morgan fingerprint density at radius 2 is 1.81 bits per heavy atom. The highest BCUT2D eigenvalue weighted by Crippen LogP contribution is 2.45. The van der Waals surface area contributed by atoms with Crippen LogP contribution in [0.15, 0.2) is 103 Å². The summed E-state index contributed by atoms with van der Waals surface area (Å²) in [5.74, 6) is 1.96. The minimum atomic E-state index is -0.102. The molecule has 4 N–H and O–H groups in total. The van der Waals surface area contributed by atoms with Crippen LogP contribution in [0.25, 0.3) is 38.3 Å². The number of aromatic nitrogens is 3. The van der Waals surface area contributed by atoms with Crippen molar-refractivity contribution >= 4 is 50.0 Å². The maximum absolute atomic E-state index is 12.7. The summed E-state index contributed by atoms with van der Waals surface area (Å²) in [6, 6.07) is 29.7. The second-order valence-electron chi connectivity index (χ2n) is 12.9. The lowest BCUT2D eigenvalue weighted by Crippen LogP contribution is -2.26. The second kappa shape index (κ2) is 12.7. The largest absolute Gasteiger partial charge is 0.352 e. The van der Waals surface area contributed by atoms with Crippen LogP contribution in [0.5, 0.6) is 0 Å². The topological polar surface area (TPSA) is 99.9 Å². The number of para-hydroxylation sites is 1. The molecule has 1 atom stereocenters. The molecule has 7 heteroatoms. The molecule has 240 valence electrons. The Labute approximate surface area is 280 Å². The number of imidazole rings is 1. The third-order valence-corrected chi connectivity index (χ3v) is 9.96. The number of nitrogens with two attached hydrogens (primary N) is 1. The highest BCUT2D eigenvalue weighted by Gasteiger charge is 2.28. The molecule has 0 radical (unpaired) electrons. The number of carbonyl (C=O) groups is 1. The van der Waals surface area contributed by atoms with Gasteiger partial charge >= 0.3 is 0 Å². The molecule has 48 heavy (non-hydrogen) atoms. The van der Waals surface area contributed by atoms with Crippen molar-refractivity contribution in [3.8, 4) is 0 Å². The van der Waals surface area contributed by atoms with Gasteiger partial charge in [-0.15, -0.1) is 0 Å². The van der Waals surface area contributed by atoms with Crippen molar-refractivity contribution in [1.29, 1.82) is 0 Å². The SMILES string of the molecule is CCN(Cc1nc2ccc(C(=O)NCCCN)cc2[nH]1)c1nc2ccccc2cc1C1C=CC2=C(CCc3c2ccc2ccccc32)C1. The van der Waals surface area contributed by atoms with Gasteiger partial charge in [0.05, 0.1) is 23.1 Å². The van der Waals surface area contributed by atoms with Crippen LogP contribution in [0, 0.1) is 0 Å². The van der Waals surface area contributed by atoms with Gasteiger partial charge < -0.3 is 20.9 Å². The van der Waals surface area contributed by atoms with Crippen LogP contribution in [0.4, 0.5) is 5.82 Å². The first-order valence-corrected chi connectivity index (χ1v) is 17.1. The summed E-state index contributed by atoms with van der Waals surface area (Å²) in [4.78, 5) is 28.7. The van der Waals surface area contributed by atoms with E-state index >= 15 is 0 Å². The Bertz CT molecular complexity index is 2250. The summed E-state index contributed by atoms with van der Waals surface area (Å²) in [5, 5.41) is 6.79. The first kappa shape index (κ1) is 30.1. The molecule has 6 aromatic rings. The molecular formula is C41H40N6O. The standard InChI is InChI=1S/C41H40N6O/c1-2-47(25-39-44-37-19-15-30(24-38(37)45-39)41(48)43-21-7-20-42)40-35(23-29-9-4-6-11-36(29)46-40)28-13-16-32-27(22-28)14-18-33-31-10-5-3-8-26(31)12-17-34(32)33/h3-6,8-13,15-17,19,23-24,28H,2,7,14,18,20-22,25,42H2,1H3,(H,43,48)(H,44,45). The van der Waals surface area contributed by atoms with E-state index in [1.807, 2.05) is 18.2 Å². The monoisotopic (exact) mass is 632 g/mol. The number of rotatable bonds is 9. The third kappa shape index (κ3) is 5.54. The highest BCUT2D eigenvalue weighted by molar-refractivity contribution is 5.97. The molecule has 2 heterocycles. The summed E-state index contributed by atoms with van der Waals surface area (Å²) in [5.41, 5.74) is 15.9. The van der Waals surface area contributed by atoms with Crippen LogP contribution >= 0.6 is 0 Å². The number of anilines is 1. The van der Waals surface area contributed by atoms with Gasteiger partial charge in [-0.05, 0) is 97.0 Å². The number of hydrogen-bond donors (Lipinski definition) is 3. The average molecular weight is 633 g/mol. The fraction of sp³-hybridized carbons (Fsp3) is 0.244. The maximum atomic E-state index is 12.7. The predicted molar refractivity (Wildman–Crippen MR) is 196 cm³/mol. The van der Waals surface area contributed by atoms with Gasteiger partial charge in [-0.1, -0.05) is 72.3 Å². The summed E-state index contributed by atoms with van der Waals surface area (Å²) in [7, 11) is 0. The number of benzene rings is 4. The van der Waals surface area contributed by atoms with Crippen LogP contribution in [0.1, 0.15) is 65.0 Å². The van der Waals surface area contributed by atoms with E-state index in [9.17, 15) is 4.79 Å². The van der Waals surface area contributed by atoms with Crippen molar-refractivity contribution in [2.45, 2.75) is 45.1 Å². The number of aryl methyl sites for hydroxylation is 1.